The smallest absolute Gasteiger partial charge is 0.345 e. The van der Waals surface area contributed by atoms with E-state index in [2.05, 4.69) is 39.4 Å². The number of hydrogen-bond donors (Lipinski definition) is 0. The summed E-state index contributed by atoms with van der Waals surface area (Å²) < 4.78 is 53.2. The molecule has 5 aromatic carbocycles. The predicted molar refractivity (Wildman–Crippen MR) is 430 cm³/mol. The molecule has 3 aliphatic rings. The van der Waals surface area contributed by atoms with Crippen LogP contribution < -0.4 is 28.9 Å². The van der Waals surface area contributed by atoms with Crippen molar-refractivity contribution in [2.45, 2.75) is 47.0 Å². The first-order chi connectivity index (χ1) is 53.5. The van der Waals surface area contributed by atoms with Crippen molar-refractivity contribution in [3.8, 4) is 17.6 Å². The second kappa shape index (κ2) is 40.0. The van der Waals surface area contributed by atoms with Crippen molar-refractivity contribution in [2.75, 3.05) is 195 Å². The Balaban J connectivity index is 0.000000177. The molecule has 3 fully saturated rings. The summed E-state index contributed by atoms with van der Waals surface area (Å²) in [5, 5.41) is 3.54. The van der Waals surface area contributed by atoms with Crippen LogP contribution in [0.1, 0.15) is 108 Å². The van der Waals surface area contributed by atoms with E-state index in [0.29, 0.717) is 153 Å². The van der Waals surface area contributed by atoms with Crippen LogP contribution in [0.3, 0.4) is 0 Å². The number of benzene rings is 5. The van der Waals surface area contributed by atoms with Gasteiger partial charge in [0.2, 0.25) is 17.6 Å². The van der Waals surface area contributed by atoms with Crippen LogP contribution in [0.4, 0.5) is 21.5 Å². The summed E-state index contributed by atoms with van der Waals surface area (Å²) in [6, 6.07) is 34.9. The molecule has 25 nitrogen and oxygen atoms in total. The van der Waals surface area contributed by atoms with Crippen molar-refractivity contribution < 1.29 is 66.0 Å². The Labute approximate surface area is 657 Å². The van der Waals surface area contributed by atoms with E-state index in [4.69, 9.17) is 61.0 Å². The minimum Gasteiger partial charge on any atom is -0.477 e. The van der Waals surface area contributed by atoms with Gasteiger partial charge in [-0.05, 0) is 186 Å². The Bertz CT molecular complexity index is 4460. The Morgan fingerprint density at radius 2 is 0.802 bits per heavy atom. The number of halogens is 3. The topological polar surface area (TPSA) is 239 Å². The lowest BCUT2D eigenvalue weighted by Crippen LogP contribution is -2.49. The van der Waals surface area contributed by atoms with E-state index in [1.807, 2.05) is 104 Å². The number of aromatic nitrogens is 3. The average Bonchev–Trinajstić information content (AvgIpc) is 1.51. The first-order valence-electron chi connectivity index (χ1n) is 37.6. The lowest BCUT2D eigenvalue weighted by molar-refractivity contribution is 0.0511. The van der Waals surface area contributed by atoms with Gasteiger partial charge < -0.3 is 76.9 Å². The highest BCUT2D eigenvalue weighted by Gasteiger charge is 2.35. The predicted octanol–water partition coefficient (Wildman–Crippen LogP) is 12.5. The molecule has 4 aromatic heterocycles. The molecular formula is C83H99Cl2FN12O13. The van der Waals surface area contributed by atoms with Crippen LogP contribution in [-0.4, -0.2) is 260 Å². The lowest BCUT2D eigenvalue weighted by atomic mass is 10.0. The largest absolute Gasteiger partial charge is 0.477 e. The van der Waals surface area contributed by atoms with Crippen LogP contribution in [0.15, 0.2) is 132 Å². The molecule has 0 radical (unpaired) electrons. The Morgan fingerprint density at radius 1 is 0.432 bits per heavy atom. The number of pyridine rings is 3. The molecule has 9 aromatic rings. The number of aryl methyl sites for hydroxylation is 1. The number of ether oxygens (including phenoxy) is 6. The zero-order valence-corrected chi connectivity index (χ0v) is 66.4. The molecule has 0 bridgehead atoms. The Hall–Kier alpha value is -10.4. The fraction of sp³-hybridized carbons (Fsp3) is 0.410. The van der Waals surface area contributed by atoms with Gasteiger partial charge in [-0.3, -0.25) is 14.4 Å². The fourth-order valence-corrected chi connectivity index (χ4v) is 13.6. The van der Waals surface area contributed by atoms with Gasteiger partial charge in [0.05, 0.1) is 79.5 Å². The molecule has 0 atom stereocenters. The number of para-hydroxylation sites is 1. The summed E-state index contributed by atoms with van der Waals surface area (Å²) in [7, 11) is 12.0. The zero-order chi connectivity index (χ0) is 79.3. The van der Waals surface area contributed by atoms with E-state index in [-0.39, 0.29) is 66.6 Å². The molecule has 7 heterocycles. The summed E-state index contributed by atoms with van der Waals surface area (Å²) in [4.78, 5) is 111. The SMILES string of the molecule is CCOC(=O)c1c(OCCCN(C)C)nc2ccc(C)cc2c1N1CCN(C(=O)c2ccc(F)cc2)CC1.CCOC(=O)c1c(OCCCN(C)C)nc2ccc(Cl)cc2c1N1CCN(C(=O)c2ccc(Cl)cc2)CC1.CCOC(=O)c1c(OCCCN(C)C)nc2ccccc2c1N1CCN(C(=O)c2ccco2)CC1. The highest BCUT2D eigenvalue weighted by Crippen LogP contribution is 2.41. The standard InChI is InChI=1S/C29H35FN4O4.C28H32Cl2N4O4.C26H32N4O5/c1-5-37-29(36)25-26(33-14-16-34(17-15-33)28(35)21-8-10-22(30)11-9-21)23-19-20(2)7-12-24(23)31-27(25)38-18-6-13-32(3)4;1-4-37-28(36)24-25(33-13-15-34(16-14-33)27(35)19-6-8-20(29)9-7-19)22-18-21(30)10-11-23(22)31-26(24)38-17-5-12-32(2)3;1-4-33-26(32)22-23(29-13-15-30(16-14-29)25(31)21-11-7-17-34-21)19-9-5-6-10-20(19)27-24(22)35-18-8-12-28(2)3/h7-12,19H,5-6,13-18H2,1-4H3;6-11,18H,4-5,12-17H2,1-3H3;5-7,9-11,17H,4,8,12-16,18H2,1-3H3. The van der Waals surface area contributed by atoms with Crippen molar-refractivity contribution in [1.82, 2.24) is 44.4 Å². The normalized spacial score (nSPS) is 13.8. The van der Waals surface area contributed by atoms with Crippen molar-refractivity contribution in [2.24, 2.45) is 0 Å². The van der Waals surface area contributed by atoms with Crippen LogP contribution in [0.2, 0.25) is 10.0 Å². The second-order valence-corrected chi connectivity index (χ2v) is 28.5. The maximum Gasteiger partial charge on any atom is 0.345 e. The molecule has 0 N–H and O–H groups in total. The molecule has 0 spiro atoms. The van der Waals surface area contributed by atoms with Crippen LogP contribution in [0, 0.1) is 12.7 Å². The van der Waals surface area contributed by atoms with Gasteiger partial charge in [0.1, 0.15) is 22.5 Å². The maximum atomic E-state index is 13.3. The fourth-order valence-electron chi connectivity index (χ4n) is 13.3. The summed E-state index contributed by atoms with van der Waals surface area (Å²) in [6.07, 6.45) is 3.85. The number of carbonyl (C=O) groups excluding carboxylic acids is 6. The van der Waals surface area contributed by atoms with Crippen molar-refractivity contribution >= 4 is 109 Å². The highest BCUT2D eigenvalue weighted by molar-refractivity contribution is 6.31. The van der Waals surface area contributed by atoms with E-state index in [1.54, 1.807) is 77.9 Å². The molecule has 12 rings (SSSR count). The zero-order valence-electron chi connectivity index (χ0n) is 64.9. The highest BCUT2D eigenvalue weighted by atomic mass is 35.5. The molecule has 0 aliphatic carbocycles. The number of rotatable bonds is 27. The molecule has 3 saturated heterocycles. The molecule has 28 heteroatoms. The molecule has 0 saturated carbocycles. The van der Waals surface area contributed by atoms with E-state index >= 15 is 0 Å². The Morgan fingerprint density at radius 3 is 1.21 bits per heavy atom. The van der Waals surface area contributed by atoms with Gasteiger partial charge >= 0.3 is 17.9 Å². The van der Waals surface area contributed by atoms with E-state index in [9.17, 15) is 33.2 Å². The summed E-state index contributed by atoms with van der Waals surface area (Å²) in [5.41, 5.74) is 7.26. The second-order valence-electron chi connectivity index (χ2n) is 27.6. The van der Waals surface area contributed by atoms with E-state index < -0.39 is 17.9 Å². The van der Waals surface area contributed by atoms with Crippen LogP contribution >= 0.6 is 23.2 Å². The summed E-state index contributed by atoms with van der Waals surface area (Å²) >= 11 is 12.4. The van der Waals surface area contributed by atoms with Crippen molar-refractivity contribution in [1.29, 1.82) is 0 Å². The number of nitrogens with zero attached hydrogens (tertiary/aromatic N) is 12. The monoisotopic (exact) mass is 1560 g/mol. The summed E-state index contributed by atoms with van der Waals surface area (Å²) in [6.45, 7) is 17.8. The maximum absolute atomic E-state index is 13.3. The first-order valence-corrected chi connectivity index (χ1v) is 38.3. The number of amides is 3. The number of hydrogen-bond acceptors (Lipinski definition) is 22. The Kier molecular flexibility index (Phi) is 30.0. The van der Waals surface area contributed by atoms with Crippen LogP contribution in [0.5, 0.6) is 17.6 Å². The molecule has 111 heavy (non-hydrogen) atoms. The quantitative estimate of drug-likeness (QED) is 0.0264. The minimum absolute atomic E-state index is 0.0560. The van der Waals surface area contributed by atoms with Gasteiger partial charge in [-0.1, -0.05) is 53.0 Å². The third-order valence-corrected chi connectivity index (χ3v) is 19.3. The van der Waals surface area contributed by atoms with Crippen LogP contribution in [-0.2, 0) is 14.2 Å². The molecular weight excluding hydrogens is 1460 g/mol. The third-order valence-electron chi connectivity index (χ3n) is 18.8. The van der Waals surface area contributed by atoms with Crippen molar-refractivity contribution in [3.05, 3.63) is 183 Å². The molecule has 0 unspecified atom stereocenters. The van der Waals surface area contributed by atoms with E-state index in [1.165, 1.54) is 30.5 Å². The number of fused-ring (bicyclic) bond motifs is 3. The number of furan rings is 1. The van der Waals surface area contributed by atoms with Gasteiger partial charge in [-0.15, -0.1) is 0 Å². The number of esters is 3. The van der Waals surface area contributed by atoms with Gasteiger partial charge in [0, 0.05) is 136 Å². The van der Waals surface area contributed by atoms with Gasteiger partial charge in [0.15, 0.2) is 5.76 Å². The first kappa shape index (κ1) is 83.1. The summed E-state index contributed by atoms with van der Waals surface area (Å²) in [5.74, 6) is -1.04. The minimum atomic E-state index is -0.501. The molecule has 3 amide bonds. The van der Waals surface area contributed by atoms with Crippen molar-refractivity contribution in [3.63, 3.8) is 0 Å². The molecule has 3 aliphatic heterocycles. The van der Waals surface area contributed by atoms with E-state index in [0.717, 1.165) is 77.3 Å². The number of piperazine rings is 3. The molecule has 590 valence electrons. The number of anilines is 3. The number of carbonyl (C=O) groups is 6. The lowest BCUT2D eigenvalue weighted by Gasteiger charge is -2.37. The third kappa shape index (κ3) is 21.6. The van der Waals surface area contributed by atoms with Gasteiger partial charge in [0.25, 0.3) is 17.7 Å². The van der Waals surface area contributed by atoms with Gasteiger partial charge in [-0.2, -0.15) is 0 Å². The average molecular weight is 1560 g/mol. The van der Waals surface area contributed by atoms with Gasteiger partial charge in [-0.25, -0.2) is 33.7 Å². The van der Waals surface area contributed by atoms with Crippen LogP contribution in [0.25, 0.3) is 32.7 Å².